The number of hydrogen-bond acceptors (Lipinski definition) is 6. The van der Waals surface area contributed by atoms with Crippen molar-refractivity contribution < 1.29 is 13.9 Å². The number of hydrogen-bond donors (Lipinski definition) is 1. The summed E-state index contributed by atoms with van der Waals surface area (Å²) < 4.78 is 24.9. The number of aryl methyl sites for hydroxylation is 2. The van der Waals surface area contributed by atoms with Gasteiger partial charge < -0.3 is 14.9 Å². The highest BCUT2D eigenvalue weighted by atomic mass is 32.1. The van der Waals surface area contributed by atoms with E-state index in [2.05, 4.69) is 23.4 Å². The average Bonchev–Trinajstić information content (AvgIpc) is 3.19. The predicted octanol–water partition coefficient (Wildman–Crippen LogP) is 6.88. The van der Waals surface area contributed by atoms with Gasteiger partial charge in [-0.3, -0.25) is 4.99 Å². The number of ether oxygens (including phenoxy) is 2. The Labute approximate surface area is 209 Å². The summed E-state index contributed by atoms with van der Waals surface area (Å²) in [4.78, 5) is 11.4. The topological polar surface area (TPSA) is 67.6 Å². The van der Waals surface area contributed by atoms with E-state index in [4.69, 9.17) is 19.9 Å². The molecule has 0 bridgehead atoms. The monoisotopic (exact) mass is 491 g/mol. The smallest absolute Gasteiger partial charge is 0.165 e. The molecule has 182 valence electrons. The lowest BCUT2D eigenvalue weighted by molar-refractivity contribution is 0.0531. The minimum Gasteiger partial charge on any atom is -0.494 e. The molecular formula is C28H30FN3O2S. The van der Waals surface area contributed by atoms with Gasteiger partial charge in [0.2, 0.25) is 0 Å². The molecule has 4 rings (SSSR count). The number of aliphatic imine (C=N–C) groups is 1. The predicted molar refractivity (Wildman–Crippen MR) is 142 cm³/mol. The van der Waals surface area contributed by atoms with E-state index >= 15 is 0 Å². The van der Waals surface area contributed by atoms with Crippen molar-refractivity contribution in [1.82, 2.24) is 4.98 Å². The third-order valence-corrected chi connectivity index (χ3v) is 7.33. The molecule has 35 heavy (non-hydrogen) atoms. The number of nitrogens with one attached hydrogen (secondary N) is 1. The number of thiophene rings is 1. The minimum absolute atomic E-state index is 0.214. The lowest BCUT2D eigenvalue weighted by atomic mass is 9.92. The van der Waals surface area contributed by atoms with Gasteiger partial charge in [0.05, 0.1) is 29.4 Å². The highest BCUT2D eigenvalue weighted by molar-refractivity contribution is 7.20. The van der Waals surface area contributed by atoms with Gasteiger partial charge in [0.1, 0.15) is 4.83 Å². The molecule has 1 N–H and O–H groups in total. The Bertz CT molecular complexity index is 1340. The van der Waals surface area contributed by atoms with Crippen LogP contribution in [0.3, 0.4) is 0 Å². The molecule has 1 aromatic carbocycles. The van der Waals surface area contributed by atoms with Crippen LogP contribution >= 0.6 is 11.3 Å². The van der Waals surface area contributed by atoms with Crippen LogP contribution in [0.1, 0.15) is 48.4 Å². The summed E-state index contributed by atoms with van der Waals surface area (Å²) in [5.74, 6) is -0.188. The first-order valence-corrected chi connectivity index (χ1v) is 12.7. The molecule has 1 unspecified atom stereocenters. The molecule has 2 heterocycles. The van der Waals surface area contributed by atoms with Crippen molar-refractivity contribution in [3.63, 3.8) is 0 Å². The molecule has 0 radical (unpaired) electrons. The van der Waals surface area contributed by atoms with Gasteiger partial charge >= 0.3 is 0 Å². The van der Waals surface area contributed by atoms with E-state index < -0.39 is 5.82 Å². The van der Waals surface area contributed by atoms with Gasteiger partial charge in [-0.05, 0) is 68.9 Å². The van der Waals surface area contributed by atoms with Gasteiger partial charge in [-0.15, -0.1) is 17.1 Å². The second-order valence-electron chi connectivity index (χ2n) is 8.43. The maximum atomic E-state index is 14.1. The van der Waals surface area contributed by atoms with E-state index in [0.29, 0.717) is 30.7 Å². The summed E-state index contributed by atoms with van der Waals surface area (Å²) in [6.45, 7) is 8.49. The SMILES string of the molecule is C=C=C(C(=N)CCc1ccc(OC)c(F)c1)c1sc2nc3c(cc2c1/N=C\C)CC(OCC)CC3. The van der Waals surface area contributed by atoms with E-state index in [1.165, 1.54) is 30.1 Å². The molecule has 3 aromatic rings. The van der Waals surface area contributed by atoms with Crippen molar-refractivity contribution >= 4 is 44.7 Å². The van der Waals surface area contributed by atoms with Gasteiger partial charge in [0, 0.05) is 36.0 Å². The van der Waals surface area contributed by atoms with E-state index in [0.717, 1.165) is 51.3 Å². The quantitative estimate of drug-likeness (QED) is 0.262. The Morgan fingerprint density at radius 2 is 2.23 bits per heavy atom. The molecule has 0 amide bonds. The summed E-state index contributed by atoms with van der Waals surface area (Å²) in [6, 6.07) is 7.08. The van der Waals surface area contributed by atoms with Crippen LogP contribution in [-0.4, -0.2) is 36.7 Å². The molecule has 2 aromatic heterocycles. The third-order valence-electron chi connectivity index (χ3n) is 6.22. The van der Waals surface area contributed by atoms with Crippen LogP contribution in [0.2, 0.25) is 0 Å². The first kappa shape index (κ1) is 25.0. The van der Waals surface area contributed by atoms with Crippen molar-refractivity contribution in [1.29, 1.82) is 5.41 Å². The molecule has 7 heteroatoms. The van der Waals surface area contributed by atoms with Crippen molar-refractivity contribution in [2.24, 2.45) is 4.99 Å². The summed E-state index contributed by atoms with van der Waals surface area (Å²) in [5, 5.41) is 9.75. The Hall–Kier alpha value is -3.12. The van der Waals surface area contributed by atoms with Gasteiger partial charge in [-0.1, -0.05) is 12.6 Å². The van der Waals surface area contributed by atoms with Gasteiger partial charge in [-0.2, -0.15) is 0 Å². The number of benzene rings is 1. The second kappa shape index (κ2) is 11.1. The van der Waals surface area contributed by atoms with Crippen molar-refractivity contribution in [2.75, 3.05) is 13.7 Å². The summed E-state index contributed by atoms with van der Waals surface area (Å²) >= 11 is 1.52. The van der Waals surface area contributed by atoms with Crippen molar-refractivity contribution in [3.05, 3.63) is 64.1 Å². The lowest BCUT2D eigenvalue weighted by Gasteiger charge is -2.23. The summed E-state index contributed by atoms with van der Waals surface area (Å²) in [6.07, 6.45) is 5.66. The molecule has 1 aliphatic rings. The maximum absolute atomic E-state index is 14.1. The van der Waals surface area contributed by atoms with Gasteiger partial charge in [-0.25, -0.2) is 9.37 Å². The van der Waals surface area contributed by atoms with Crippen LogP contribution in [0.15, 0.2) is 41.6 Å². The zero-order chi connectivity index (χ0) is 24.9. The lowest BCUT2D eigenvalue weighted by Crippen LogP contribution is -2.23. The number of aromatic nitrogens is 1. The van der Waals surface area contributed by atoms with Crippen LogP contribution < -0.4 is 4.74 Å². The van der Waals surface area contributed by atoms with E-state index in [9.17, 15) is 4.39 Å². The van der Waals surface area contributed by atoms with E-state index in [1.807, 2.05) is 19.9 Å². The standard InChI is InChI=1S/C28H30FN3O2S/c1-5-20(23(30)11-8-17-9-13-25(33-4)22(29)14-17)27-26(31-6-2)21-16-18-15-19(34-7-3)10-12-24(18)32-28(21)35-27/h6,9,13-14,16,19,30H,1,7-8,10-12,15H2,2-4H3/b30-23?,31-6-. The second-order valence-corrected chi connectivity index (χ2v) is 9.43. The van der Waals surface area contributed by atoms with Crippen LogP contribution in [0.25, 0.3) is 15.8 Å². The molecule has 0 saturated carbocycles. The molecular weight excluding hydrogens is 461 g/mol. The fraction of sp³-hybridized carbons (Fsp3) is 0.357. The number of fused-ring (bicyclic) bond motifs is 2. The molecule has 1 aliphatic carbocycles. The molecule has 1 atom stereocenters. The fourth-order valence-corrected chi connectivity index (χ4v) is 5.69. The highest BCUT2D eigenvalue weighted by Crippen LogP contribution is 2.43. The largest absolute Gasteiger partial charge is 0.494 e. The number of methoxy groups -OCH3 is 1. The van der Waals surface area contributed by atoms with E-state index in [1.54, 1.807) is 12.3 Å². The number of rotatable bonds is 9. The number of allylic oxidation sites excluding steroid dienone is 1. The molecule has 0 spiro atoms. The highest BCUT2D eigenvalue weighted by Gasteiger charge is 2.24. The average molecular weight is 492 g/mol. The number of pyridine rings is 1. The Morgan fingerprint density at radius 1 is 1.40 bits per heavy atom. The Balaban J connectivity index is 1.64. The number of nitrogens with zero attached hydrogens (tertiary/aromatic N) is 2. The Morgan fingerprint density at radius 3 is 2.91 bits per heavy atom. The third kappa shape index (κ3) is 5.27. The van der Waals surface area contributed by atoms with Crippen LogP contribution in [0, 0.1) is 11.2 Å². The van der Waals surface area contributed by atoms with Gasteiger partial charge in [0.25, 0.3) is 0 Å². The first-order chi connectivity index (χ1) is 17.0. The normalized spacial score (nSPS) is 15.3. The van der Waals surface area contributed by atoms with E-state index in [-0.39, 0.29) is 11.9 Å². The number of halogens is 1. The van der Waals surface area contributed by atoms with Crippen molar-refractivity contribution in [3.8, 4) is 5.75 Å². The molecule has 5 nitrogen and oxygen atoms in total. The molecule has 0 fully saturated rings. The maximum Gasteiger partial charge on any atom is 0.165 e. The first-order valence-electron chi connectivity index (χ1n) is 11.8. The minimum atomic E-state index is -0.401. The van der Waals surface area contributed by atoms with Crippen LogP contribution in [0.5, 0.6) is 5.75 Å². The Kier molecular flexibility index (Phi) is 7.91. The summed E-state index contributed by atoms with van der Waals surface area (Å²) in [5.41, 5.74) is 7.91. The molecule has 0 aliphatic heterocycles. The molecule has 0 saturated heterocycles. The zero-order valence-electron chi connectivity index (χ0n) is 20.4. The van der Waals surface area contributed by atoms with Crippen LogP contribution in [0.4, 0.5) is 10.1 Å². The fourth-order valence-electron chi connectivity index (χ4n) is 4.52. The van der Waals surface area contributed by atoms with Crippen LogP contribution in [-0.2, 0) is 24.0 Å². The zero-order valence-corrected chi connectivity index (χ0v) is 21.2. The van der Waals surface area contributed by atoms with Gasteiger partial charge in [0.15, 0.2) is 11.6 Å². The summed E-state index contributed by atoms with van der Waals surface area (Å²) in [7, 11) is 1.44. The van der Waals surface area contributed by atoms with Crippen molar-refractivity contribution in [2.45, 2.75) is 52.1 Å².